The van der Waals surface area contributed by atoms with Crippen LogP contribution in [0.5, 0.6) is 5.75 Å². The lowest BCUT2D eigenvalue weighted by Gasteiger charge is -2.15. The van der Waals surface area contributed by atoms with Crippen LogP contribution in [0.2, 0.25) is 0 Å². The van der Waals surface area contributed by atoms with Gasteiger partial charge in [-0.1, -0.05) is 0 Å². The van der Waals surface area contributed by atoms with Gasteiger partial charge < -0.3 is 10.1 Å². The van der Waals surface area contributed by atoms with E-state index in [2.05, 4.69) is 10.4 Å². The minimum atomic E-state index is -4.59. The highest BCUT2D eigenvalue weighted by Crippen LogP contribution is 2.33. The maximum absolute atomic E-state index is 13.0. The van der Waals surface area contributed by atoms with E-state index in [-0.39, 0.29) is 22.8 Å². The molecule has 0 bridgehead atoms. The second-order valence-electron chi connectivity index (χ2n) is 5.77. The Hall–Kier alpha value is -3.89. The summed E-state index contributed by atoms with van der Waals surface area (Å²) >= 11 is 0. The first-order valence-electron chi connectivity index (χ1n) is 8.12. The van der Waals surface area contributed by atoms with E-state index in [1.54, 1.807) is 6.07 Å². The van der Waals surface area contributed by atoms with Gasteiger partial charge in [0, 0.05) is 24.5 Å². The molecule has 0 saturated heterocycles. The molecule has 29 heavy (non-hydrogen) atoms. The van der Waals surface area contributed by atoms with Crippen molar-refractivity contribution in [2.45, 2.75) is 6.18 Å². The van der Waals surface area contributed by atoms with Crippen molar-refractivity contribution in [3.63, 3.8) is 0 Å². The molecule has 0 aliphatic rings. The summed E-state index contributed by atoms with van der Waals surface area (Å²) in [5.41, 5.74) is -0.929. The Labute approximate surface area is 161 Å². The van der Waals surface area contributed by atoms with Gasteiger partial charge in [0.15, 0.2) is 6.61 Å². The Bertz CT molecular complexity index is 1020. The molecule has 0 fully saturated rings. The minimum Gasteiger partial charge on any atom is -0.484 e. The molecule has 0 aliphatic heterocycles. The number of nitrogens with one attached hydrogen (secondary N) is 1. The molecule has 11 heteroatoms. The SMILES string of the molecule is O=C(COc1ccc([N+](=O)[O-])cc1)Nc1cc(C(F)(F)F)ccc1-n1cccn1. The molecule has 1 heterocycles. The van der Waals surface area contributed by atoms with Crippen molar-refractivity contribution < 1.29 is 27.6 Å². The Morgan fingerprint density at radius 2 is 1.93 bits per heavy atom. The van der Waals surface area contributed by atoms with Gasteiger partial charge in [0.2, 0.25) is 0 Å². The number of halogens is 3. The molecular weight excluding hydrogens is 393 g/mol. The van der Waals surface area contributed by atoms with Crippen LogP contribution >= 0.6 is 0 Å². The number of alkyl halides is 3. The van der Waals surface area contributed by atoms with Crippen LogP contribution in [-0.4, -0.2) is 27.2 Å². The van der Waals surface area contributed by atoms with Gasteiger partial charge in [0.1, 0.15) is 5.75 Å². The smallest absolute Gasteiger partial charge is 0.416 e. The molecule has 8 nitrogen and oxygen atoms in total. The number of aromatic nitrogens is 2. The number of non-ortho nitro benzene ring substituents is 1. The number of amides is 1. The van der Waals surface area contributed by atoms with Crippen molar-refractivity contribution in [1.82, 2.24) is 9.78 Å². The standard InChI is InChI=1S/C18H13F3N4O4/c19-18(20,21)12-2-7-16(24-9-1-8-22-24)15(10-12)23-17(26)11-29-14-5-3-13(4-6-14)25(27)28/h1-10H,11H2,(H,23,26). The van der Waals surface area contributed by atoms with Crippen LogP contribution < -0.4 is 10.1 Å². The first-order chi connectivity index (χ1) is 13.7. The average molecular weight is 406 g/mol. The molecule has 1 aromatic heterocycles. The number of hydrogen-bond donors (Lipinski definition) is 1. The number of carbonyl (C=O) groups excluding carboxylic acids is 1. The molecule has 0 atom stereocenters. The minimum absolute atomic E-state index is 0.0965. The molecule has 2 aromatic carbocycles. The van der Waals surface area contributed by atoms with Crippen molar-refractivity contribution >= 4 is 17.3 Å². The predicted octanol–water partition coefficient (Wildman–Crippen LogP) is 3.82. The van der Waals surface area contributed by atoms with Crippen LogP contribution in [0.15, 0.2) is 60.9 Å². The number of benzene rings is 2. The molecule has 3 aromatic rings. The molecule has 0 saturated carbocycles. The zero-order chi connectivity index (χ0) is 21.0. The van der Waals surface area contributed by atoms with Crippen LogP contribution in [0.3, 0.4) is 0 Å². The van der Waals surface area contributed by atoms with Crippen LogP contribution in [0.1, 0.15) is 5.56 Å². The van der Waals surface area contributed by atoms with Gasteiger partial charge in [0.25, 0.3) is 11.6 Å². The number of ether oxygens (including phenoxy) is 1. The third-order valence-electron chi connectivity index (χ3n) is 3.77. The topological polar surface area (TPSA) is 99.3 Å². The van der Waals surface area contributed by atoms with Crippen molar-refractivity contribution in [1.29, 1.82) is 0 Å². The second-order valence-corrected chi connectivity index (χ2v) is 5.77. The van der Waals surface area contributed by atoms with E-state index in [1.165, 1.54) is 47.4 Å². The maximum Gasteiger partial charge on any atom is 0.416 e. The Morgan fingerprint density at radius 1 is 1.21 bits per heavy atom. The summed E-state index contributed by atoms with van der Waals surface area (Å²) in [6, 6.07) is 9.51. The van der Waals surface area contributed by atoms with Gasteiger partial charge in [-0.3, -0.25) is 14.9 Å². The zero-order valence-electron chi connectivity index (χ0n) is 14.6. The second kappa shape index (κ2) is 8.00. The number of carbonyl (C=O) groups is 1. The van der Waals surface area contributed by atoms with E-state index in [4.69, 9.17) is 4.74 Å². The summed E-state index contributed by atoms with van der Waals surface area (Å²) in [6.45, 7) is -0.507. The summed E-state index contributed by atoms with van der Waals surface area (Å²) in [4.78, 5) is 22.2. The molecule has 0 spiro atoms. The molecule has 0 aliphatic carbocycles. The zero-order valence-corrected chi connectivity index (χ0v) is 14.6. The number of anilines is 1. The normalized spacial score (nSPS) is 11.1. The summed E-state index contributed by atoms with van der Waals surface area (Å²) in [5, 5.41) is 17.0. The molecule has 1 amide bonds. The lowest BCUT2D eigenvalue weighted by molar-refractivity contribution is -0.384. The quantitative estimate of drug-likeness (QED) is 0.496. The predicted molar refractivity (Wildman–Crippen MR) is 95.8 cm³/mol. The number of rotatable bonds is 6. The summed E-state index contributed by atoms with van der Waals surface area (Å²) in [5.74, 6) is -0.516. The number of nitro groups is 1. The van der Waals surface area contributed by atoms with Gasteiger partial charge in [-0.15, -0.1) is 0 Å². The Balaban J connectivity index is 1.75. The van der Waals surface area contributed by atoms with E-state index in [9.17, 15) is 28.1 Å². The van der Waals surface area contributed by atoms with Crippen molar-refractivity contribution in [3.8, 4) is 11.4 Å². The fraction of sp³-hybridized carbons (Fsp3) is 0.111. The van der Waals surface area contributed by atoms with E-state index in [0.29, 0.717) is 0 Å². The van der Waals surface area contributed by atoms with Crippen molar-refractivity contribution in [2.75, 3.05) is 11.9 Å². The maximum atomic E-state index is 13.0. The number of nitro benzene ring substituents is 1. The van der Waals surface area contributed by atoms with Crippen LogP contribution in [0, 0.1) is 10.1 Å². The number of hydrogen-bond acceptors (Lipinski definition) is 5. The van der Waals surface area contributed by atoms with Crippen molar-refractivity contribution in [3.05, 3.63) is 76.6 Å². The van der Waals surface area contributed by atoms with Crippen LogP contribution in [0.4, 0.5) is 24.5 Å². The lowest BCUT2D eigenvalue weighted by atomic mass is 10.1. The van der Waals surface area contributed by atoms with Gasteiger partial charge >= 0.3 is 6.18 Å². The monoisotopic (exact) mass is 406 g/mol. The van der Waals surface area contributed by atoms with E-state index >= 15 is 0 Å². The summed E-state index contributed by atoms with van der Waals surface area (Å²) in [6.07, 6.45) is -1.62. The van der Waals surface area contributed by atoms with Gasteiger partial charge in [-0.05, 0) is 36.4 Å². The molecule has 0 unspecified atom stereocenters. The largest absolute Gasteiger partial charge is 0.484 e. The highest BCUT2D eigenvalue weighted by Gasteiger charge is 2.31. The summed E-state index contributed by atoms with van der Waals surface area (Å²) in [7, 11) is 0. The van der Waals surface area contributed by atoms with Crippen LogP contribution in [0.25, 0.3) is 5.69 Å². The highest BCUT2D eigenvalue weighted by molar-refractivity contribution is 5.94. The Morgan fingerprint density at radius 3 is 2.52 bits per heavy atom. The van der Waals surface area contributed by atoms with Crippen LogP contribution in [-0.2, 0) is 11.0 Å². The first kappa shape index (κ1) is 19.9. The molecule has 0 radical (unpaired) electrons. The fourth-order valence-electron chi connectivity index (χ4n) is 2.42. The van der Waals surface area contributed by atoms with Gasteiger partial charge in [-0.2, -0.15) is 18.3 Å². The van der Waals surface area contributed by atoms with E-state index in [1.807, 2.05) is 0 Å². The van der Waals surface area contributed by atoms with Gasteiger partial charge in [-0.25, -0.2) is 4.68 Å². The first-order valence-corrected chi connectivity index (χ1v) is 8.12. The fourth-order valence-corrected chi connectivity index (χ4v) is 2.42. The third-order valence-corrected chi connectivity index (χ3v) is 3.77. The number of nitrogens with zero attached hydrogens (tertiary/aromatic N) is 3. The van der Waals surface area contributed by atoms with E-state index in [0.717, 1.165) is 12.1 Å². The van der Waals surface area contributed by atoms with E-state index < -0.39 is 29.2 Å². The molecular formula is C18H13F3N4O4. The molecule has 1 N–H and O–H groups in total. The van der Waals surface area contributed by atoms with Gasteiger partial charge in [0.05, 0.1) is 21.9 Å². The lowest BCUT2D eigenvalue weighted by Crippen LogP contribution is -2.21. The average Bonchev–Trinajstić information content (AvgIpc) is 3.20. The Kier molecular flexibility index (Phi) is 5.48. The summed E-state index contributed by atoms with van der Waals surface area (Å²) < 4.78 is 45.6. The highest BCUT2D eigenvalue weighted by atomic mass is 19.4. The molecule has 150 valence electrons. The molecule has 3 rings (SSSR count). The van der Waals surface area contributed by atoms with Crippen molar-refractivity contribution in [2.24, 2.45) is 0 Å². The third kappa shape index (κ3) is 4.89.